The summed E-state index contributed by atoms with van der Waals surface area (Å²) >= 11 is 0. The van der Waals surface area contributed by atoms with Crippen LogP contribution in [0.2, 0.25) is 0 Å². The monoisotopic (exact) mass is 364 g/mol. The molecule has 1 saturated heterocycles. The first-order valence-electron chi connectivity index (χ1n) is 10.0. The molecule has 1 atom stereocenters. The minimum absolute atomic E-state index is 0.0466. The number of hydrogen-bond donors (Lipinski definition) is 1. The number of para-hydroxylation sites is 1. The van der Waals surface area contributed by atoms with Crippen LogP contribution in [0.15, 0.2) is 54.6 Å². The normalized spacial score (nSPS) is 20.9. The quantitative estimate of drug-likeness (QED) is 0.900. The molecule has 1 unspecified atom stereocenters. The molecule has 0 aromatic heterocycles. The van der Waals surface area contributed by atoms with Crippen molar-refractivity contribution >= 4 is 11.6 Å². The van der Waals surface area contributed by atoms with E-state index in [2.05, 4.69) is 64.8 Å². The lowest BCUT2D eigenvalue weighted by atomic mass is 9.77. The molecule has 1 N–H and O–H groups in total. The smallest absolute Gasteiger partial charge is 0.222 e. The van der Waals surface area contributed by atoms with Gasteiger partial charge in [-0.2, -0.15) is 0 Å². The molecule has 2 aromatic carbocycles. The van der Waals surface area contributed by atoms with Crippen molar-refractivity contribution in [1.82, 2.24) is 5.32 Å². The third-order valence-corrected chi connectivity index (χ3v) is 5.83. The second-order valence-electron chi connectivity index (χ2n) is 7.58. The number of amides is 1. The highest BCUT2D eigenvalue weighted by Gasteiger charge is 2.43. The van der Waals surface area contributed by atoms with Crippen LogP contribution in [0, 0.1) is 0 Å². The van der Waals surface area contributed by atoms with E-state index in [0.717, 1.165) is 32.4 Å². The number of benzene rings is 2. The highest BCUT2D eigenvalue weighted by atomic mass is 16.5. The zero-order valence-electron chi connectivity index (χ0n) is 16.0. The summed E-state index contributed by atoms with van der Waals surface area (Å²) in [4.78, 5) is 14.6. The number of nitrogens with zero attached hydrogens (tertiary/aromatic N) is 1. The Balaban J connectivity index is 1.54. The van der Waals surface area contributed by atoms with Crippen molar-refractivity contribution in [3.8, 4) is 0 Å². The van der Waals surface area contributed by atoms with Gasteiger partial charge in [0, 0.05) is 25.3 Å². The number of ether oxygens (including phenoxy) is 1. The first kappa shape index (κ1) is 18.1. The van der Waals surface area contributed by atoms with Crippen LogP contribution >= 0.6 is 0 Å². The Morgan fingerprint density at radius 3 is 2.56 bits per heavy atom. The van der Waals surface area contributed by atoms with Crippen LogP contribution in [0.25, 0.3) is 0 Å². The van der Waals surface area contributed by atoms with Crippen molar-refractivity contribution in [2.24, 2.45) is 0 Å². The van der Waals surface area contributed by atoms with Gasteiger partial charge < -0.3 is 15.0 Å². The van der Waals surface area contributed by atoms with Gasteiger partial charge >= 0.3 is 0 Å². The largest absolute Gasteiger partial charge is 0.371 e. The number of fused-ring (bicyclic) bond motifs is 2. The minimum atomic E-state index is -0.267. The molecule has 27 heavy (non-hydrogen) atoms. The van der Waals surface area contributed by atoms with Gasteiger partial charge in [0.25, 0.3) is 0 Å². The number of nitrogens with one attached hydrogen (secondary N) is 1. The average molecular weight is 364 g/mol. The van der Waals surface area contributed by atoms with Gasteiger partial charge in [0.15, 0.2) is 0 Å². The highest BCUT2D eigenvalue weighted by molar-refractivity contribution is 5.76. The third kappa shape index (κ3) is 3.72. The van der Waals surface area contributed by atoms with Crippen LogP contribution < -0.4 is 10.2 Å². The van der Waals surface area contributed by atoms with Gasteiger partial charge in [-0.3, -0.25) is 4.79 Å². The Morgan fingerprint density at radius 2 is 1.81 bits per heavy atom. The number of hydrogen-bond acceptors (Lipinski definition) is 3. The molecule has 4 rings (SSSR count). The molecule has 2 aromatic rings. The van der Waals surface area contributed by atoms with Crippen LogP contribution in [0.5, 0.6) is 0 Å². The molecule has 1 amide bonds. The lowest BCUT2D eigenvalue weighted by Gasteiger charge is -2.48. The molecular weight excluding hydrogens is 336 g/mol. The lowest BCUT2D eigenvalue weighted by Crippen LogP contribution is -2.49. The molecule has 1 spiro atoms. The zero-order valence-corrected chi connectivity index (χ0v) is 16.0. The lowest BCUT2D eigenvalue weighted by molar-refractivity contribution is -0.141. The zero-order chi connectivity index (χ0) is 18.7. The van der Waals surface area contributed by atoms with Gasteiger partial charge in [0.05, 0.1) is 18.1 Å². The van der Waals surface area contributed by atoms with E-state index in [-0.39, 0.29) is 17.6 Å². The SMILES string of the molecule is CCNC(=O)CC1Cc2ccccc2C2(CCN(c3ccccc3)CC2)O1. The van der Waals surface area contributed by atoms with Gasteiger partial charge in [0.1, 0.15) is 0 Å². The summed E-state index contributed by atoms with van der Waals surface area (Å²) < 4.78 is 6.66. The highest BCUT2D eigenvalue weighted by Crippen LogP contribution is 2.44. The predicted molar refractivity (Wildman–Crippen MR) is 108 cm³/mol. The van der Waals surface area contributed by atoms with E-state index in [0.29, 0.717) is 13.0 Å². The predicted octanol–water partition coefficient (Wildman–Crippen LogP) is 3.65. The van der Waals surface area contributed by atoms with Gasteiger partial charge in [-0.05, 0) is 49.4 Å². The molecule has 1 fully saturated rings. The molecule has 4 heteroatoms. The molecule has 2 aliphatic heterocycles. The van der Waals surface area contributed by atoms with E-state index in [1.807, 2.05) is 6.92 Å². The van der Waals surface area contributed by atoms with E-state index >= 15 is 0 Å². The second kappa shape index (κ2) is 7.73. The topological polar surface area (TPSA) is 41.6 Å². The summed E-state index contributed by atoms with van der Waals surface area (Å²) in [6.45, 7) is 4.55. The van der Waals surface area contributed by atoms with Gasteiger partial charge in [-0.1, -0.05) is 42.5 Å². The second-order valence-corrected chi connectivity index (χ2v) is 7.58. The number of rotatable bonds is 4. The van der Waals surface area contributed by atoms with Crippen LogP contribution in [-0.4, -0.2) is 31.6 Å². The van der Waals surface area contributed by atoms with Crippen molar-refractivity contribution < 1.29 is 9.53 Å². The number of carbonyl (C=O) groups is 1. The first-order chi connectivity index (χ1) is 13.2. The van der Waals surface area contributed by atoms with Crippen molar-refractivity contribution in [2.75, 3.05) is 24.5 Å². The Bertz CT molecular complexity index is 782. The summed E-state index contributed by atoms with van der Waals surface area (Å²) in [7, 11) is 0. The Kier molecular flexibility index (Phi) is 5.17. The Morgan fingerprint density at radius 1 is 1.11 bits per heavy atom. The molecule has 4 nitrogen and oxygen atoms in total. The Hall–Kier alpha value is -2.33. The fourth-order valence-electron chi connectivity index (χ4n) is 4.55. The van der Waals surface area contributed by atoms with Crippen molar-refractivity contribution in [3.05, 3.63) is 65.7 Å². The van der Waals surface area contributed by atoms with E-state index in [1.54, 1.807) is 0 Å². The number of carbonyl (C=O) groups excluding carboxylic acids is 1. The Labute approximate surface area is 161 Å². The van der Waals surface area contributed by atoms with Gasteiger partial charge in [-0.25, -0.2) is 0 Å². The molecule has 0 radical (unpaired) electrons. The van der Waals surface area contributed by atoms with E-state index in [4.69, 9.17) is 4.74 Å². The molecule has 2 heterocycles. The fraction of sp³-hybridized carbons (Fsp3) is 0.435. The van der Waals surface area contributed by atoms with E-state index in [9.17, 15) is 4.79 Å². The third-order valence-electron chi connectivity index (χ3n) is 5.83. The summed E-state index contributed by atoms with van der Waals surface area (Å²) in [5.41, 5.74) is 3.67. The maximum absolute atomic E-state index is 12.1. The maximum atomic E-state index is 12.1. The molecule has 2 aliphatic rings. The first-order valence-corrected chi connectivity index (χ1v) is 10.0. The van der Waals surface area contributed by atoms with Crippen LogP contribution in [0.3, 0.4) is 0 Å². The molecule has 0 saturated carbocycles. The molecule has 0 bridgehead atoms. The van der Waals surface area contributed by atoms with Crippen LogP contribution in [-0.2, 0) is 21.6 Å². The summed E-state index contributed by atoms with van der Waals surface area (Å²) in [5, 5.41) is 2.91. The minimum Gasteiger partial charge on any atom is -0.371 e. The van der Waals surface area contributed by atoms with Crippen LogP contribution in [0.1, 0.15) is 37.3 Å². The molecular formula is C23H28N2O2. The number of anilines is 1. The summed E-state index contributed by atoms with van der Waals surface area (Å²) in [6.07, 6.45) is 3.11. The maximum Gasteiger partial charge on any atom is 0.222 e. The number of piperidine rings is 1. The molecule has 142 valence electrons. The summed E-state index contributed by atoms with van der Waals surface area (Å²) in [6, 6.07) is 19.2. The standard InChI is InChI=1S/C23H28N2O2/c1-2-24-22(26)17-20-16-18-8-6-7-11-21(18)23(27-20)12-14-25(15-13-23)19-9-4-3-5-10-19/h3-11,20H,2,12-17H2,1H3,(H,24,26). The fourth-order valence-corrected chi connectivity index (χ4v) is 4.55. The molecule has 0 aliphatic carbocycles. The van der Waals surface area contributed by atoms with Crippen LogP contribution in [0.4, 0.5) is 5.69 Å². The van der Waals surface area contributed by atoms with E-state index in [1.165, 1.54) is 16.8 Å². The van der Waals surface area contributed by atoms with Crippen molar-refractivity contribution in [3.63, 3.8) is 0 Å². The van der Waals surface area contributed by atoms with E-state index < -0.39 is 0 Å². The summed E-state index contributed by atoms with van der Waals surface area (Å²) in [5.74, 6) is 0.0822. The van der Waals surface area contributed by atoms with Crippen molar-refractivity contribution in [1.29, 1.82) is 0 Å². The van der Waals surface area contributed by atoms with Gasteiger partial charge in [-0.15, -0.1) is 0 Å². The van der Waals surface area contributed by atoms with Gasteiger partial charge in [0.2, 0.25) is 5.91 Å². The van der Waals surface area contributed by atoms with Crippen molar-refractivity contribution in [2.45, 2.75) is 44.3 Å². The average Bonchev–Trinajstić information content (AvgIpc) is 2.69.